The Bertz CT molecular complexity index is 1360. The summed E-state index contributed by atoms with van der Waals surface area (Å²) in [6.45, 7) is 3.09. The van der Waals surface area contributed by atoms with E-state index in [0.717, 1.165) is 35.3 Å². The average molecular weight is 465 g/mol. The van der Waals surface area contributed by atoms with Gasteiger partial charge in [-0.25, -0.2) is 18.2 Å². The molecule has 0 radical (unpaired) electrons. The minimum atomic E-state index is -0.669. The first kappa shape index (κ1) is 21.9. The minimum Gasteiger partial charge on any atom is -0.356 e. The summed E-state index contributed by atoms with van der Waals surface area (Å²) in [7, 11) is 0. The van der Waals surface area contributed by atoms with Crippen LogP contribution in [0.2, 0.25) is 0 Å². The van der Waals surface area contributed by atoms with Crippen LogP contribution in [-0.4, -0.2) is 33.6 Å². The Morgan fingerprint density at radius 3 is 2.41 bits per heavy atom. The van der Waals surface area contributed by atoms with Crippen LogP contribution < -0.4 is 10.2 Å². The van der Waals surface area contributed by atoms with Gasteiger partial charge in [-0.1, -0.05) is 0 Å². The number of fused-ring (bicyclic) bond motifs is 1. The summed E-state index contributed by atoms with van der Waals surface area (Å²) in [4.78, 5) is 19.4. The summed E-state index contributed by atoms with van der Waals surface area (Å²) in [5.74, 6) is -1.37. The van der Waals surface area contributed by atoms with E-state index in [-0.39, 0.29) is 23.3 Å². The van der Waals surface area contributed by atoms with E-state index in [1.807, 2.05) is 19.1 Å². The van der Waals surface area contributed by atoms with E-state index in [0.29, 0.717) is 37.3 Å². The first-order valence-corrected chi connectivity index (χ1v) is 11.0. The fraction of sp³-hybridized carbons (Fsp3) is 0.240. The predicted molar refractivity (Wildman–Crippen MR) is 123 cm³/mol. The maximum absolute atomic E-state index is 13.9. The van der Waals surface area contributed by atoms with Crippen LogP contribution in [-0.2, 0) is 4.79 Å². The van der Waals surface area contributed by atoms with Crippen LogP contribution in [0, 0.1) is 30.3 Å². The summed E-state index contributed by atoms with van der Waals surface area (Å²) in [6, 6.07) is 12.9. The molecule has 6 nitrogen and oxygen atoms in total. The van der Waals surface area contributed by atoms with Crippen molar-refractivity contribution >= 4 is 23.1 Å². The monoisotopic (exact) mass is 465 g/mol. The van der Waals surface area contributed by atoms with Gasteiger partial charge in [0.15, 0.2) is 5.65 Å². The van der Waals surface area contributed by atoms with Gasteiger partial charge in [0.2, 0.25) is 5.91 Å². The van der Waals surface area contributed by atoms with Crippen LogP contribution >= 0.6 is 0 Å². The first-order chi connectivity index (χ1) is 16.4. The molecule has 9 heteroatoms. The lowest BCUT2D eigenvalue weighted by Gasteiger charge is -2.33. The highest BCUT2D eigenvalue weighted by molar-refractivity contribution is 5.92. The Morgan fingerprint density at radius 1 is 0.971 bits per heavy atom. The number of hydrogen-bond donors (Lipinski definition) is 1. The van der Waals surface area contributed by atoms with Crippen LogP contribution in [0.1, 0.15) is 18.5 Å². The van der Waals surface area contributed by atoms with Crippen molar-refractivity contribution in [1.29, 1.82) is 0 Å². The molecule has 0 atom stereocenters. The van der Waals surface area contributed by atoms with Crippen molar-refractivity contribution < 1.29 is 18.0 Å². The van der Waals surface area contributed by atoms with E-state index < -0.39 is 11.6 Å². The van der Waals surface area contributed by atoms with Gasteiger partial charge in [-0.15, -0.1) is 0 Å². The number of rotatable bonds is 4. The van der Waals surface area contributed by atoms with Gasteiger partial charge in [0.1, 0.15) is 23.3 Å². The number of piperidine rings is 1. The molecule has 0 aliphatic carbocycles. The molecule has 1 amide bonds. The van der Waals surface area contributed by atoms with Gasteiger partial charge >= 0.3 is 0 Å². The first-order valence-electron chi connectivity index (χ1n) is 11.0. The molecule has 0 spiro atoms. The number of aromatic nitrogens is 3. The number of nitrogens with one attached hydrogen (secondary N) is 1. The van der Waals surface area contributed by atoms with Crippen LogP contribution in [0.3, 0.4) is 0 Å². The highest BCUT2D eigenvalue weighted by Crippen LogP contribution is 2.28. The van der Waals surface area contributed by atoms with Gasteiger partial charge in [0.05, 0.1) is 11.4 Å². The summed E-state index contributed by atoms with van der Waals surface area (Å²) in [5, 5.41) is 7.20. The third-order valence-corrected chi connectivity index (χ3v) is 6.05. The Morgan fingerprint density at radius 2 is 1.68 bits per heavy atom. The number of anilines is 2. The maximum atomic E-state index is 13.9. The van der Waals surface area contributed by atoms with E-state index in [9.17, 15) is 18.0 Å². The average Bonchev–Trinajstić information content (AvgIpc) is 3.25. The quantitative estimate of drug-likeness (QED) is 0.462. The number of carbonyl (C=O) groups is 1. The molecule has 3 heterocycles. The van der Waals surface area contributed by atoms with Crippen molar-refractivity contribution in [3.63, 3.8) is 0 Å². The van der Waals surface area contributed by atoms with Crippen molar-refractivity contribution in [2.75, 3.05) is 23.3 Å². The molecule has 1 aliphatic rings. The van der Waals surface area contributed by atoms with E-state index in [4.69, 9.17) is 5.10 Å². The van der Waals surface area contributed by atoms with Crippen molar-refractivity contribution in [3.8, 4) is 11.3 Å². The zero-order chi connectivity index (χ0) is 23.8. The van der Waals surface area contributed by atoms with Crippen molar-refractivity contribution in [2.24, 2.45) is 5.92 Å². The Hall–Kier alpha value is -3.88. The third kappa shape index (κ3) is 4.33. The van der Waals surface area contributed by atoms with Gasteiger partial charge < -0.3 is 10.2 Å². The molecule has 1 N–H and O–H groups in total. The predicted octanol–water partition coefficient (Wildman–Crippen LogP) is 4.98. The van der Waals surface area contributed by atoms with Gasteiger partial charge in [0.25, 0.3) is 0 Å². The molecule has 5 rings (SSSR count). The fourth-order valence-corrected chi connectivity index (χ4v) is 4.27. The zero-order valence-corrected chi connectivity index (χ0v) is 18.4. The van der Waals surface area contributed by atoms with E-state index in [1.54, 1.807) is 16.6 Å². The normalized spacial score (nSPS) is 14.5. The van der Waals surface area contributed by atoms with Gasteiger partial charge in [-0.05, 0) is 56.2 Å². The SMILES string of the molecule is Cc1cc(N2CCC(C(=O)Nc3cc(F)ccc3F)CC2)n2nc(-c3ccc(F)cc3)cc2n1. The van der Waals surface area contributed by atoms with Crippen LogP contribution in [0.15, 0.2) is 54.6 Å². The van der Waals surface area contributed by atoms with Gasteiger partial charge in [-0.2, -0.15) is 9.61 Å². The van der Waals surface area contributed by atoms with Crippen molar-refractivity contribution in [1.82, 2.24) is 14.6 Å². The van der Waals surface area contributed by atoms with Crippen molar-refractivity contribution in [2.45, 2.75) is 19.8 Å². The summed E-state index contributed by atoms with van der Waals surface area (Å²) >= 11 is 0. The fourth-order valence-electron chi connectivity index (χ4n) is 4.27. The smallest absolute Gasteiger partial charge is 0.227 e. The molecule has 0 bridgehead atoms. The standard InChI is InChI=1S/C25H22F3N5O/c1-15-12-24(33-23(29-15)14-21(31-33)16-2-4-18(26)5-3-16)32-10-8-17(9-11-32)25(34)30-22-13-19(27)6-7-20(22)28/h2-7,12-14,17H,8-11H2,1H3,(H,30,34). The molecule has 174 valence electrons. The number of benzene rings is 2. The Labute approximate surface area is 194 Å². The molecule has 2 aromatic heterocycles. The number of amides is 1. The molecule has 1 aliphatic heterocycles. The van der Waals surface area contributed by atoms with Gasteiger partial charge in [-0.3, -0.25) is 4.79 Å². The second kappa shape index (κ2) is 8.81. The molecule has 4 aromatic rings. The Kier molecular flexibility index (Phi) is 5.69. The largest absolute Gasteiger partial charge is 0.356 e. The number of hydrogen-bond acceptors (Lipinski definition) is 4. The van der Waals surface area contributed by atoms with Crippen LogP contribution in [0.4, 0.5) is 24.7 Å². The molecule has 1 saturated heterocycles. The Balaban J connectivity index is 1.33. The van der Waals surface area contributed by atoms with Crippen LogP contribution in [0.25, 0.3) is 16.9 Å². The number of halogens is 3. The molecule has 34 heavy (non-hydrogen) atoms. The molecule has 1 fully saturated rings. The summed E-state index contributed by atoms with van der Waals surface area (Å²) < 4.78 is 42.4. The van der Waals surface area contributed by atoms with Crippen LogP contribution in [0.5, 0.6) is 0 Å². The lowest BCUT2D eigenvalue weighted by Crippen LogP contribution is -2.39. The third-order valence-electron chi connectivity index (χ3n) is 6.05. The van der Waals surface area contributed by atoms with Crippen molar-refractivity contribution in [3.05, 3.63) is 77.7 Å². The van der Waals surface area contributed by atoms with E-state index >= 15 is 0 Å². The summed E-state index contributed by atoms with van der Waals surface area (Å²) in [6.07, 6.45) is 1.11. The maximum Gasteiger partial charge on any atom is 0.227 e. The number of carbonyl (C=O) groups excluding carboxylic acids is 1. The molecule has 2 aromatic carbocycles. The molecular weight excluding hydrogens is 443 g/mol. The molecule has 0 saturated carbocycles. The zero-order valence-electron chi connectivity index (χ0n) is 18.4. The van der Waals surface area contributed by atoms with E-state index in [2.05, 4.69) is 15.2 Å². The second-order valence-electron chi connectivity index (χ2n) is 8.44. The lowest BCUT2D eigenvalue weighted by molar-refractivity contribution is -0.120. The van der Waals surface area contributed by atoms with E-state index in [1.165, 1.54) is 12.1 Å². The lowest BCUT2D eigenvalue weighted by atomic mass is 9.95. The molecule has 0 unspecified atom stereocenters. The number of nitrogens with zero attached hydrogens (tertiary/aromatic N) is 4. The van der Waals surface area contributed by atoms with Gasteiger partial charge in [0, 0.05) is 48.5 Å². The number of aryl methyl sites for hydroxylation is 1. The molecular formula is C25H22F3N5O. The highest BCUT2D eigenvalue weighted by atomic mass is 19.1. The second-order valence-corrected chi connectivity index (χ2v) is 8.44. The minimum absolute atomic E-state index is 0.149. The topological polar surface area (TPSA) is 62.5 Å². The summed E-state index contributed by atoms with van der Waals surface area (Å²) in [5.41, 5.74) is 2.83. The highest BCUT2D eigenvalue weighted by Gasteiger charge is 2.27.